The molecule has 2 aliphatic heterocycles. The third-order valence-electron chi connectivity index (χ3n) is 4.50. The number of carbonyl (C=O) groups excluding carboxylic acids is 1. The maximum atomic E-state index is 12.4. The lowest BCUT2D eigenvalue weighted by atomic mass is 10.1. The summed E-state index contributed by atoms with van der Waals surface area (Å²) in [5.74, 6) is 0.00774. The zero-order chi connectivity index (χ0) is 18.3. The van der Waals surface area contributed by atoms with E-state index in [1.807, 2.05) is 19.1 Å². The molecule has 0 aromatic heterocycles. The molecule has 4 rings (SSSR count). The molecule has 6 heteroatoms. The number of anilines is 1. The van der Waals surface area contributed by atoms with Gasteiger partial charge in [0, 0.05) is 23.4 Å². The SMILES string of the molecule is CCN1C(=O)/C(=C\C=C2/Sc3ccc4ccccc4c3N2CC)SC1=S. The second kappa shape index (κ2) is 7.10. The number of amides is 1. The molecule has 1 saturated heterocycles. The van der Waals surface area contributed by atoms with Gasteiger partial charge in [-0.1, -0.05) is 66.1 Å². The molecule has 26 heavy (non-hydrogen) atoms. The highest BCUT2D eigenvalue weighted by molar-refractivity contribution is 8.26. The summed E-state index contributed by atoms with van der Waals surface area (Å²) in [5.41, 5.74) is 1.26. The Kier molecular flexibility index (Phi) is 4.82. The van der Waals surface area contributed by atoms with E-state index < -0.39 is 0 Å². The maximum absolute atomic E-state index is 12.4. The van der Waals surface area contributed by atoms with Crippen molar-refractivity contribution in [3.63, 3.8) is 0 Å². The molecule has 2 aliphatic rings. The average Bonchev–Trinajstić information content (AvgIpc) is 3.16. The maximum Gasteiger partial charge on any atom is 0.266 e. The first kappa shape index (κ1) is 17.6. The second-order valence-electron chi connectivity index (χ2n) is 5.93. The number of nitrogens with zero attached hydrogens (tertiary/aromatic N) is 2. The van der Waals surface area contributed by atoms with E-state index in [9.17, 15) is 4.79 Å². The zero-order valence-corrected chi connectivity index (χ0v) is 17.0. The van der Waals surface area contributed by atoms with E-state index in [2.05, 4.69) is 48.2 Å². The summed E-state index contributed by atoms with van der Waals surface area (Å²) in [4.78, 5) is 18.3. The summed E-state index contributed by atoms with van der Waals surface area (Å²) in [7, 11) is 0. The van der Waals surface area contributed by atoms with Gasteiger partial charge in [0.25, 0.3) is 5.91 Å². The van der Waals surface area contributed by atoms with Gasteiger partial charge < -0.3 is 4.90 Å². The molecule has 0 radical (unpaired) electrons. The van der Waals surface area contributed by atoms with Gasteiger partial charge in [-0.2, -0.15) is 0 Å². The lowest BCUT2D eigenvalue weighted by Crippen LogP contribution is -2.27. The van der Waals surface area contributed by atoms with E-state index in [0.29, 0.717) is 15.8 Å². The highest BCUT2D eigenvalue weighted by Gasteiger charge is 2.31. The molecule has 0 spiro atoms. The monoisotopic (exact) mass is 398 g/mol. The van der Waals surface area contributed by atoms with Gasteiger partial charge >= 0.3 is 0 Å². The Labute approximate surface area is 167 Å². The predicted octanol–water partition coefficient (Wildman–Crippen LogP) is 5.38. The van der Waals surface area contributed by atoms with Crippen LogP contribution >= 0.6 is 35.7 Å². The third kappa shape index (κ3) is 2.86. The molecule has 3 nitrogen and oxygen atoms in total. The van der Waals surface area contributed by atoms with E-state index in [1.165, 1.54) is 33.1 Å². The molecule has 2 heterocycles. The first-order valence-corrected chi connectivity index (χ1v) is 10.6. The van der Waals surface area contributed by atoms with Crippen LogP contribution in [0.4, 0.5) is 5.69 Å². The number of hydrogen-bond acceptors (Lipinski definition) is 5. The molecule has 1 fully saturated rings. The predicted molar refractivity (Wildman–Crippen MR) is 117 cm³/mol. The average molecular weight is 399 g/mol. The van der Waals surface area contributed by atoms with Gasteiger partial charge in [0.05, 0.1) is 15.6 Å². The molecule has 0 unspecified atom stereocenters. The molecular formula is C20H18N2OS3. The normalized spacial score (nSPS) is 20.1. The quantitative estimate of drug-likeness (QED) is 0.510. The second-order valence-corrected chi connectivity index (χ2v) is 8.67. The van der Waals surface area contributed by atoms with Crippen LogP contribution in [0.1, 0.15) is 13.8 Å². The van der Waals surface area contributed by atoms with E-state index in [1.54, 1.807) is 16.7 Å². The molecule has 1 amide bonds. The minimum absolute atomic E-state index is 0.00774. The first-order valence-electron chi connectivity index (χ1n) is 8.56. The van der Waals surface area contributed by atoms with Gasteiger partial charge in [0.2, 0.25) is 0 Å². The number of benzene rings is 2. The Morgan fingerprint density at radius 3 is 2.50 bits per heavy atom. The van der Waals surface area contributed by atoms with Crippen molar-refractivity contribution in [2.24, 2.45) is 0 Å². The van der Waals surface area contributed by atoms with E-state index in [-0.39, 0.29) is 5.91 Å². The highest BCUT2D eigenvalue weighted by Crippen LogP contribution is 2.49. The van der Waals surface area contributed by atoms with Gasteiger partial charge in [0.15, 0.2) is 0 Å². The third-order valence-corrected chi connectivity index (χ3v) is 7.01. The molecule has 0 bridgehead atoms. The Morgan fingerprint density at radius 2 is 1.77 bits per heavy atom. The number of hydrogen-bond donors (Lipinski definition) is 0. The molecular weight excluding hydrogens is 380 g/mol. The van der Waals surface area contributed by atoms with Crippen LogP contribution in [0, 0.1) is 0 Å². The molecule has 0 N–H and O–H groups in total. The Hall–Kier alpha value is -1.76. The van der Waals surface area contributed by atoms with E-state index in [0.717, 1.165) is 11.6 Å². The summed E-state index contributed by atoms with van der Waals surface area (Å²) >= 11 is 8.42. The van der Waals surface area contributed by atoms with Crippen molar-refractivity contribution in [1.29, 1.82) is 0 Å². The molecule has 2 aromatic rings. The number of fused-ring (bicyclic) bond motifs is 3. The Bertz CT molecular complexity index is 980. The molecule has 0 aliphatic carbocycles. The van der Waals surface area contributed by atoms with Crippen LogP contribution in [0.15, 0.2) is 63.4 Å². The molecule has 2 aromatic carbocycles. The van der Waals surface area contributed by atoms with Gasteiger partial charge in [-0.25, -0.2) is 0 Å². The van der Waals surface area contributed by atoms with Crippen LogP contribution in [-0.2, 0) is 4.79 Å². The number of rotatable bonds is 3. The fourth-order valence-electron chi connectivity index (χ4n) is 3.25. The highest BCUT2D eigenvalue weighted by atomic mass is 32.2. The Balaban J connectivity index is 1.71. The molecule has 0 atom stereocenters. The summed E-state index contributed by atoms with van der Waals surface area (Å²) < 4.78 is 0.642. The summed E-state index contributed by atoms with van der Waals surface area (Å²) in [6.07, 6.45) is 3.96. The lowest BCUT2D eigenvalue weighted by Gasteiger charge is -2.19. The number of likely N-dealkylation sites (N-methyl/N-ethyl adjacent to an activating group) is 1. The van der Waals surface area contributed by atoms with Crippen molar-refractivity contribution in [2.45, 2.75) is 18.7 Å². The summed E-state index contributed by atoms with van der Waals surface area (Å²) in [6.45, 7) is 5.59. The number of allylic oxidation sites excluding steroid dienone is 2. The fraction of sp³-hybridized carbons (Fsp3) is 0.200. The van der Waals surface area contributed by atoms with Gasteiger partial charge in [0.1, 0.15) is 4.32 Å². The topological polar surface area (TPSA) is 23.6 Å². The van der Waals surface area contributed by atoms with Crippen molar-refractivity contribution in [2.75, 3.05) is 18.0 Å². The molecule has 132 valence electrons. The standard InChI is InChI=1S/C20H18N2OS3/c1-3-21-17(12-11-16-19(23)22(4-2)20(24)26-16)25-15-10-9-13-7-5-6-8-14(13)18(15)21/h5-12H,3-4H2,1-2H3/b16-11+,17-12-. The molecule has 0 saturated carbocycles. The number of thioether (sulfide) groups is 2. The summed E-state index contributed by atoms with van der Waals surface area (Å²) in [6, 6.07) is 12.8. The van der Waals surface area contributed by atoms with Crippen molar-refractivity contribution < 1.29 is 4.79 Å². The minimum Gasteiger partial charge on any atom is -0.335 e. The van der Waals surface area contributed by atoms with Crippen LogP contribution in [0.25, 0.3) is 10.8 Å². The van der Waals surface area contributed by atoms with Gasteiger partial charge in [-0.05, 0) is 37.5 Å². The van der Waals surface area contributed by atoms with Crippen LogP contribution in [-0.4, -0.2) is 28.2 Å². The van der Waals surface area contributed by atoms with E-state index >= 15 is 0 Å². The number of carbonyl (C=O) groups is 1. The van der Waals surface area contributed by atoms with E-state index in [4.69, 9.17) is 12.2 Å². The number of thiocarbonyl (C=S) groups is 1. The van der Waals surface area contributed by atoms with Crippen molar-refractivity contribution in [3.8, 4) is 0 Å². The first-order chi connectivity index (χ1) is 12.6. The Morgan fingerprint density at radius 1 is 1.00 bits per heavy atom. The fourth-order valence-corrected chi connectivity index (χ4v) is 5.72. The zero-order valence-electron chi connectivity index (χ0n) is 14.6. The lowest BCUT2D eigenvalue weighted by molar-refractivity contribution is -0.122. The largest absolute Gasteiger partial charge is 0.335 e. The van der Waals surface area contributed by atoms with Crippen LogP contribution in [0.5, 0.6) is 0 Å². The smallest absolute Gasteiger partial charge is 0.266 e. The summed E-state index contributed by atoms with van der Waals surface area (Å²) in [5, 5.41) is 3.65. The van der Waals surface area contributed by atoms with Crippen molar-refractivity contribution in [1.82, 2.24) is 4.90 Å². The van der Waals surface area contributed by atoms with Gasteiger partial charge in [-0.15, -0.1) is 0 Å². The van der Waals surface area contributed by atoms with Crippen LogP contribution in [0.3, 0.4) is 0 Å². The van der Waals surface area contributed by atoms with Crippen molar-refractivity contribution >= 4 is 62.4 Å². The van der Waals surface area contributed by atoms with Crippen LogP contribution in [0.2, 0.25) is 0 Å². The van der Waals surface area contributed by atoms with Gasteiger partial charge in [-0.3, -0.25) is 9.69 Å². The van der Waals surface area contributed by atoms with Crippen LogP contribution < -0.4 is 4.90 Å². The van der Waals surface area contributed by atoms with Crippen molar-refractivity contribution in [3.05, 3.63) is 58.5 Å². The minimum atomic E-state index is 0.00774.